The molecule has 0 saturated heterocycles. The summed E-state index contributed by atoms with van der Waals surface area (Å²) in [6.45, 7) is 3.98. The van der Waals surface area contributed by atoms with Crippen LogP contribution in [0, 0.1) is 0 Å². The Bertz CT molecular complexity index is 366. The second-order valence-electron chi connectivity index (χ2n) is 6.99. The van der Waals surface area contributed by atoms with Crippen LogP contribution in [0.4, 0.5) is 0 Å². The van der Waals surface area contributed by atoms with E-state index in [0.717, 1.165) is 38.5 Å². The number of hydrogen-bond donors (Lipinski definition) is 2. The number of unbranched alkanes of at least 4 members (excludes halogenated alkanes) is 9. The van der Waals surface area contributed by atoms with Crippen LogP contribution in [0.1, 0.15) is 97.3 Å². The maximum atomic E-state index is 11.7. The fourth-order valence-corrected chi connectivity index (χ4v) is 2.67. The lowest BCUT2D eigenvalue weighted by Crippen LogP contribution is -2.34. The van der Waals surface area contributed by atoms with Crippen molar-refractivity contribution >= 4 is 11.7 Å². The average Bonchev–Trinajstić information content (AvgIpc) is 2.60. The van der Waals surface area contributed by atoms with E-state index in [1.54, 1.807) is 13.0 Å². The molecule has 0 rings (SSSR count). The Balaban J connectivity index is 3.42. The zero-order valence-electron chi connectivity index (χ0n) is 16.4. The summed E-state index contributed by atoms with van der Waals surface area (Å²) in [7, 11) is 0. The van der Waals surface area contributed by atoms with Gasteiger partial charge in [0.15, 0.2) is 5.78 Å². The first-order valence-electron chi connectivity index (χ1n) is 10.2. The van der Waals surface area contributed by atoms with Crippen molar-refractivity contribution in [2.24, 2.45) is 0 Å². The summed E-state index contributed by atoms with van der Waals surface area (Å²) in [6.07, 6.45) is 17.2. The van der Waals surface area contributed by atoms with Gasteiger partial charge >= 0.3 is 0 Å². The number of amides is 1. The summed E-state index contributed by atoms with van der Waals surface area (Å²) in [5.41, 5.74) is 0. The van der Waals surface area contributed by atoms with Gasteiger partial charge in [-0.15, -0.1) is 0 Å². The van der Waals surface area contributed by atoms with E-state index in [4.69, 9.17) is 5.11 Å². The molecule has 4 heteroatoms. The lowest BCUT2D eigenvalue weighted by Gasteiger charge is -2.10. The first kappa shape index (κ1) is 23.8. The van der Waals surface area contributed by atoms with Gasteiger partial charge in [-0.2, -0.15) is 0 Å². The third kappa shape index (κ3) is 17.5. The van der Waals surface area contributed by atoms with Crippen molar-refractivity contribution in [3.8, 4) is 0 Å². The number of rotatable bonds is 17. The molecule has 1 atom stereocenters. The number of hydrogen-bond acceptors (Lipinski definition) is 3. The number of carbonyl (C=O) groups excluding carboxylic acids is 2. The topological polar surface area (TPSA) is 66.4 Å². The summed E-state index contributed by atoms with van der Waals surface area (Å²) in [6, 6.07) is -0.161. The maximum Gasteiger partial charge on any atom is 0.220 e. The van der Waals surface area contributed by atoms with Gasteiger partial charge in [-0.05, 0) is 38.7 Å². The van der Waals surface area contributed by atoms with Gasteiger partial charge in [0, 0.05) is 18.9 Å². The van der Waals surface area contributed by atoms with Crippen LogP contribution in [0.5, 0.6) is 0 Å². The summed E-state index contributed by atoms with van der Waals surface area (Å²) in [5, 5.41) is 11.6. The van der Waals surface area contributed by atoms with Crippen molar-refractivity contribution in [3.63, 3.8) is 0 Å². The first-order valence-corrected chi connectivity index (χ1v) is 10.2. The van der Waals surface area contributed by atoms with E-state index in [0.29, 0.717) is 12.8 Å². The molecule has 0 fully saturated rings. The Morgan fingerprint density at radius 3 is 2.20 bits per heavy atom. The maximum absolute atomic E-state index is 11.7. The molecule has 0 aromatic carbocycles. The average molecular weight is 354 g/mol. The minimum Gasteiger partial charge on any atom is -0.394 e. The van der Waals surface area contributed by atoms with Crippen molar-refractivity contribution in [1.82, 2.24) is 5.32 Å². The quantitative estimate of drug-likeness (QED) is 0.294. The molecule has 4 nitrogen and oxygen atoms in total. The van der Waals surface area contributed by atoms with E-state index in [2.05, 4.69) is 12.2 Å². The van der Waals surface area contributed by atoms with Crippen LogP contribution in [0.2, 0.25) is 0 Å². The molecule has 0 bridgehead atoms. The molecule has 2 N–H and O–H groups in total. The Morgan fingerprint density at radius 2 is 1.52 bits per heavy atom. The van der Waals surface area contributed by atoms with Gasteiger partial charge in [-0.3, -0.25) is 9.59 Å². The predicted octanol–water partition coefficient (Wildman–Crippen LogP) is 4.70. The molecular formula is C21H39NO3. The molecule has 0 aliphatic carbocycles. The molecule has 0 saturated carbocycles. The van der Waals surface area contributed by atoms with E-state index < -0.39 is 0 Å². The number of allylic oxidation sites excluding steroid dienone is 2. The highest BCUT2D eigenvalue weighted by atomic mass is 16.3. The van der Waals surface area contributed by atoms with Gasteiger partial charge in [-0.1, -0.05) is 57.9 Å². The Hall–Kier alpha value is -1.16. The monoisotopic (exact) mass is 353 g/mol. The fraction of sp³-hybridized carbons (Fsp3) is 0.810. The molecule has 0 aliphatic rings. The van der Waals surface area contributed by atoms with Gasteiger partial charge in [-0.25, -0.2) is 0 Å². The highest BCUT2D eigenvalue weighted by Gasteiger charge is 2.05. The van der Waals surface area contributed by atoms with E-state index >= 15 is 0 Å². The van der Waals surface area contributed by atoms with E-state index in [9.17, 15) is 9.59 Å². The van der Waals surface area contributed by atoms with Crippen LogP contribution in [-0.4, -0.2) is 29.4 Å². The third-order valence-corrected chi connectivity index (χ3v) is 4.29. The predicted molar refractivity (Wildman–Crippen MR) is 105 cm³/mol. The summed E-state index contributed by atoms with van der Waals surface area (Å²) < 4.78 is 0. The van der Waals surface area contributed by atoms with Gasteiger partial charge in [0.05, 0.1) is 6.61 Å². The molecule has 0 heterocycles. The largest absolute Gasteiger partial charge is 0.394 e. The number of nitrogens with one attached hydrogen (secondary N) is 1. The van der Waals surface area contributed by atoms with Crippen molar-refractivity contribution in [2.75, 3.05) is 6.61 Å². The van der Waals surface area contributed by atoms with Gasteiger partial charge in [0.2, 0.25) is 5.91 Å². The minimum atomic E-state index is -0.161. The SMILES string of the molecule is CCCCCCCCC(=O)/C=C/CCCCCCC(=O)N[C@H](C)CO. The van der Waals surface area contributed by atoms with Gasteiger partial charge in [0.25, 0.3) is 0 Å². The van der Waals surface area contributed by atoms with E-state index in [-0.39, 0.29) is 24.3 Å². The first-order chi connectivity index (χ1) is 12.1. The lowest BCUT2D eigenvalue weighted by atomic mass is 10.1. The molecule has 0 unspecified atom stereocenters. The molecule has 25 heavy (non-hydrogen) atoms. The number of aliphatic hydroxyl groups excluding tert-OH is 1. The highest BCUT2D eigenvalue weighted by molar-refractivity contribution is 5.89. The van der Waals surface area contributed by atoms with Crippen LogP contribution in [0.25, 0.3) is 0 Å². The fourth-order valence-electron chi connectivity index (χ4n) is 2.67. The standard InChI is InChI=1S/C21H39NO3/c1-3-4-5-6-9-12-15-20(24)16-13-10-7-8-11-14-17-21(25)22-19(2)18-23/h13,16,19,23H,3-12,14-15,17-18H2,1-2H3,(H,22,25)/b16-13+/t19-/m1/s1. The molecule has 0 radical (unpaired) electrons. The minimum absolute atomic E-state index is 0.0155. The number of ketones is 1. The van der Waals surface area contributed by atoms with E-state index in [1.807, 2.05) is 6.08 Å². The zero-order valence-corrected chi connectivity index (χ0v) is 16.4. The molecule has 1 amide bonds. The second kappa shape index (κ2) is 17.7. The third-order valence-electron chi connectivity index (χ3n) is 4.29. The summed E-state index contributed by atoms with van der Waals surface area (Å²) in [5.74, 6) is 0.270. The van der Waals surface area contributed by atoms with Crippen LogP contribution in [0.3, 0.4) is 0 Å². The lowest BCUT2D eigenvalue weighted by molar-refractivity contribution is -0.122. The zero-order chi connectivity index (χ0) is 18.8. The molecule has 0 aliphatic heterocycles. The van der Waals surface area contributed by atoms with Crippen molar-refractivity contribution in [2.45, 2.75) is 103 Å². The van der Waals surface area contributed by atoms with Crippen LogP contribution in [0.15, 0.2) is 12.2 Å². The van der Waals surface area contributed by atoms with E-state index in [1.165, 1.54) is 32.1 Å². The van der Waals surface area contributed by atoms with Crippen molar-refractivity contribution in [1.29, 1.82) is 0 Å². The Labute approximate surface area is 154 Å². The Kier molecular flexibility index (Phi) is 16.8. The number of carbonyl (C=O) groups is 2. The summed E-state index contributed by atoms with van der Waals surface area (Å²) >= 11 is 0. The molecule has 0 aromatic heterocycles. The second-order valence-corrected chi connectivity index (χ2v) is 6.99. The smallest absolute Gasteiger partial charge is 0.220 e. The van der Waals surface area contributed by atoms with Crippen molar-refractivity contribution in [3.05, 3.63) is 12.2 Å². The van der Waals surface area contributed by atoms with Crippen LogP contribution >= 0.6 is 0 Å². The molecule has 0 spiro atoms. The number of aliphatic hydroxyl groups is 1. The Morgan fingerprint density at radius 1 is 0.920 bits per heavy atom. The molecule has 146 valence electrons. The molecule has 0 aromatic rings. The summed E-state index contributed by atoms with van der Waals surface area (Å²) in [4.78, 5) is 23.2. The van der Waals surface area contributed by atoms with Crippen LogP contribution < -0.4 is 5.32 Å². The van der Waals surface area contributed by atoms with Crippen molar-refractivity contribution < 1.29 is 14.7 Å². The molecular weight excluding hydrogens is 314 g/mol. The van der Waals surface area contributed by atoms with Crippen LogP contribution in [-0.2, 0) is 9.59 Å². The van der Waals surface area contributed by atoms with Gasteiger partial charge < -0.3 is 10.4 Å². The van der Waals surface area contributed by atoms with Gasteiger partial charge in [0.1, 0.15) is 0 Å². The highest BCUT2D eigenvalue weighted by Crippen LogP contribution is 2.09. The normalized spacial score (nSPS) is 12.4.